The molecule has 0 fully saturated rings. The van der Waals surface area contributed by atoms with Crippen molar-refractivity contribution in [2.45, 2.75) is 26.0 Å². The highest BCUT2D eigenvalue weighted by atomic mass is 16.5. The molecule has 2 rings (SSSR count). The molecule has 1 aromatic heterocycles. The molecule has 1 atom stereocenters. The van der Waals surface area contributed by atoms with Crippen LogP contribution < -0.4 is 5.32 Å². The molecular formula is C22H30N4O7. The van der Waals surface area contributed by atoms with Crippen LogP contribution in [-0.4, -0.2) is 83.7 Å². The fourth-order valence-corrected chi connectivity index (χ4v) is 2.86. The van der Waals surface area contributed by atoms with Gasteiger partial charge in [0, 0.05) is 32.8 Å². The van der Waals surface area contributed by atoms with Gasteiger partial charge in [-0.2, -0.15) is 0 Å². The van der Waals surface area contributed by atoms with Crippen LogP contribution in [0.2, 0.25) is 0 Å². The number of benzene rings is 1. The lowest BCUT2D eigenvalue weighted by molar-refractivity contribution is -0.139. The minimum atomic E-state index is -1.26. The van der Waals surface area contributed by atoms with Crippen LogP contribution in [0.25, 0.3) is 0 Å². The van der Waals surface area contributed by atoms with Gasteiger partial charge in [-0.05, 0) is 12.5 Å². The predicted octanol–water partition coefficient (Wildman–Crippen LogP) is 1.76. The van der Waals surface area contributed by atoms with Crippen LogP contribution in [0.3, 0.4) is 0 Å². The van der Waals surface area contributed by atoms with Crippen molar-refractivity contribution in [2.75, 3.05) is 40.0 Å². The molecule has 11 nitrogen and oxygen atoms in total. The lowest BCUT2D eigenvalue weighted by Gasteiger charge is -2.20. The molecule has 0 aliphatic heterocycles. The number of carbonyl (C=O) groups is 3. The van der Waals surface area contributed by atoms with Gasteiger partial charge in [0.05, 0.1) is 25.5 Å². The third-order valence-electron chi connectivity index (χ3n) is 4.66. The van der Waals surface area contributed by atoms with E-state index in [0.29, 0.717) is 38.6 Å². The van der Waals surface area contributed by atoms with E-state index in [1.165, 1.54) is 17.1 Å². The largest absolute Gasteiger partial charge is 0.480 e. The highest BCUT2D eigenvalue weighted by Crippen LogP contribution is 2.06. The average Bonchev–Trinajstić information content (AvgIpc) is 3.28. The molecule has 11 heteroatoms. The number of imidazole rings is 1. The van der Waals surface area contributed by atoms with Crippen LogP contribution >= 0.6 is 0 Å². The number of nitrogens with zero attached hydrogens (tertiary/aromatic N) is 3. The first-order valence-corrected chi connectivity index (χ1v) is 10.5. The Labute approximate surface area is 192 Å². The number of alkyl carbamates (subject to hydrolysis) is 1. The molecule has 0 bridgehead atoms. The third kappa shape index (κ3) is 8.91. The number of rotatable bonds is 13. The van der Waals surface area contributed by atoms with E-state index >= 15 is 0 Å². The number of aromatic nitrogens is 2. The molecule has 2 amide bonds. The van der Waals surface area contributed by atoms with Gasteiger partial charge in [0.2, 0.25) is 0 Å². The molecule has 33 heavy (non-hydrogen) atoms. The summed E-state index contributed by atoms with van der Waals surface area (Å²) < 4.78 is 16.7. The Balaban J connectivity index is 1.88. The summed E-state index contributed by atoms with van der Waals surface area (Å²) >= 11 is 0. The Morgan fingerprint density at radius 2 is 1.94 bits per heavy atom. The van der Waals surface area contributed by atoms with E-state index < -0.39 is 18.1 Å². The number of ether oxygens (including phenoxy) is 3. The van der Waals surface area contributed by atoms with Gasteiger partial charge in [0.15, 0.2) is 0 Å². The Bertz CT molecular complexity index is 888. The highest BCUT2D eigenvalue weighted by Gasteiger charge is 2.23. The lowest BCUT2D eigenvalue weighted by atomic mass is 10.2. The number of hydrogen-bond donors (Lipinski definition) is 2. The molecule has 0 aliphatic carbocycles. The minimum Gasteiger partial charge on any atom is -0.480 e. The van der Waals surface area contributed by atoms with Crippen molar-refractivity contribution < 1.29 is 33.7 Å². The number of carboxylic acids is 1. The van der Waals surface area contributed by atoms with Crippen molar-refractivity contribution in [3.8, 4) is 0 Å². The summed E-state index contributed by atoms with van der Waals surface area (Å²) in [4.78, 5) is 42.0. The second kappa shape index (κ2) is 13.9. The summed E-state index contributed by atoms with van der Waals surface area (Å²) in [6.07, 6.45) is 1.80. The smallest absolute Gasteiger partial charge is 0.408 e. The molecule has 1 aromatic carbocycles. The van der Waals surface area contributed by atoms with E-state index in [9.17, 15) is 19.5 Å². The monoisotopic (exact) mass is 462 g/mol. The molecule has 2 aromatic rings. The summed E-state index contributed by atoms with van der Waals surface area (Å²) in [5, 5.41) is 11.8. The van der Waals surface area contributed by atoms with Gasteiger partial charge in [-0.25, -0.2) is 19.4 Å². The summed E-state index contributed by atoms with van der Waals surface area (Å²) in [5.74, 6) is -1.24. The van der Waals surface area contributed by atoms with Gasteiger partial charge in [-0.3, -0.25) is 4.57 Å². The quantitative estimate of drug-likeness (QED) is 0.431. The number of likely N-dealkylation sites (N-methyl/N-ethyl adjacent to an activating group) is 1. The molecule has 2 N–H and O–H groups in total. The van der Waals surface area contributed by atoms with E-state index in [0.717, 1.165) is 5.56 Å². The van der Waals surface area contributed by atoms with Gasteiger partial charge in [0.25, 0.3) is 0 Å². The number of carboxylic acid groups (broad SMARTS) is 1. The Morgan fingerprint density at radius 1 is 1.18 bits per heavy atom. The minimum absolute atomic E-state index is 0.0180. The molecular weight excluding hydrogens is 432 g/mol. The first-order chi connectivity index (χ1) is 15.9. The molecule has 0 spiro atoms. The fraction of sp³-hybridized carbons (Fsp3) is 0.455. The van der Waals surface area contributed by atoms with E-state index in [4.69, 9.17) is 14.2 Å². The van der Waals surface area contributed by atoms with Crippen molar-refractivity contribution >= 4 is 18.1 Å². The Morgan fingerprint density at radius 3 is 2.61 bits per heavy atom. The van der Waals surface area contributed by atoms with Crippen molar-refractivity contribution in [1.82, 2.24) is 19.8 Å². The highest BCUT2D eigenvalue weighted by molar-refractivity contribution is 5.80. The van der Waals surface area contributed by atoms with Crippen LogP contribution in [0.1, 0.15) is 18.2 Å². The molecule has 0 radical (unpaired) electrons. The summed E-state index contributed by atoms with van der Waals surface area (Å²) in [5.41, 5.74) is 1.12. The number of amides is 2. The van der Waals surface area contributed by atoms with Gasteiger partial charge < -0.3 is 29.5 Å². The van der Waals surface area contributed by atoms with Crippen molar-refractivity contribution in [1.29, 1.82) is 0 Å². The SMILES string of the molecule is CCN(CCOCCOC)C(=O)n1cnc(CC(NC(=O)OCc2ccccc2)C(=O)O)c1. The van der Waals surface area contributed by atoms with Crippen LogP contribution in [-0.2, 0) is 32.0 Å². The zero-order valence-electron chi connectivity index (χ0n) is 18.8. The van der Waals surface area contributed by atoms with Crippen LogP contribution in [0.4, 0.5) is 9.59 Å². The van der Waals surface area contributed by atoms with Gasteiger partial charge >= 0.3 is 18.1 Å². The molecule has 1 unspecified atom stereocenters. The number of carbonyl (C=O) groups excluding carboxylic acids is 2. The average molecular weight is 463 g/mol. The van der Waals surface area contributed by atoms with Crippen LogP contribution in [0.5, 0.6) is 0 Å². The van der Waals surface area contributed by atoms with Crippen LogP contribution in [0.15, 0.2) is 42.9 Å². The van der Waals surface area contributed by atoms with Gasteiger partial charge in [-0.15, -0.1) is 0 Å². The zero-order valence-corrected chi connectivity index (χ0v) is 18.8. The maximum atomic E-state index is 12.7. The van der Waals surface area contributed by atoms with E-state index in [1.54, 1.807) is 24.1 Å². The van der Waals surface area contributed by atoms with Crippen molar-refractivity contribution in [3.63, 3.8) is 0 Å². The van der Waals surface area contributed by atoms with E-state index in [2.05, 4.69) is 10.3 Å². The first kappa shape index (κ1) is 25.8. The third-order valence-corrected chi connectivity index (χ3v) is 4.66. The van der Waals surface area contributed by atoms with Gasteiger partial charge in [-0.1, -0.05) is 30.3 Å². The molecule has 0 saturated heterocycles. The zero-order chi connectivity index (χ0) is 24.1. The molecule has 180 valence electrons. The van der Waals surface area contributed by atoms with Crippen molar-refractivity contribution in [3.05, 3.63) is 54.1 Å². The number of methoxy groups -OCH3 is 1. The normalized spacial score (nSPS) is 11.6. The number of aliphatic carboxylic acids is 1. The second-order valence-corrected chi connectivity index (χ2v) is 7.04. The summed E-state index contributed by atoms with van der Waals surface area (Å²) in [6.45, 7) is 3.99. The molecule has 1 heterocycles. The maximum Gasteiger partial charge on any atom is 0.408 e. The standard InChI is InChI=1S/C22H30N4O7/c1-3-25(9-10-32-12-11-31-2)22(30)26-14-18(23-16-26)13-19(20(27)28)24-21(29)33-15-17-7-5-4-6-8-17/h4-8,14,16,19H,3,9-13,15H2,1-2H3,(H,24,29)(H,27,28). The number of hydrogen-bond acceptors (Lipinski definition) is 7. The molecule has 0 saturated carbocycles. The Hall–Kier alpha value is -3.44. The maximum absolute atomic E-state index is 12.7. The summed E-state index contributed by atoms with van der Waals surface area (Å²) in [7, 11) is 1.58. The van der Waals surface area contributed by atoms with E-state index in [-0.39, 0.29) is 19.1 Å². The Kier molecular flexibility index (Phi) is 10.8. The first-order valence-electron chi connectivity index (χ1n) is 10.5. The van der Waals surface area contributed by atoms with Crippen molar-refractivity contribution in [2.24, 2.45) is 0 Å². The lowest BCUT2D eigenvalue weighted by Crippen LogP contribution is -2.42. The number of nitrogens with one attached hydrogen (secondary N) is 1. The second-order valence-electron chi connectivity index (χ2n) is 7.04. The summed E-state index contributed by atoms with van der Waals surface area (Å²) in [6, 6.07) is 7.46. The van der Waals surface area contributed by atoms with Crippen LogP contribution in [0, 0.1) is 0 Å². The predicted molar refractivity (Wildman–Crippen MR) is 118 cm³/mol. The fourth-order valence-electron chi connectivity index (χ4n) is 2.86. The molecule has 0 aliphatic rings. The topological polar surface area (TPSA) is 132 Å². The van der Waals surface area contributed by atoms with Gasteiger partial charge in [0.1, 0.15) is 19.0 Å². The van der Waals surface area contributed by atoms with E-state index in [1.807, 2.05) is 25.1 Å².